The molecule has 4 rings (SSSR count). The average molecular weight is 529 g/mol. The van der Waals surface area contributed by atoms with E-state index < -0.39 is 10.0 Å². The average Bonchev–Trinajstić information content (AvgIpc) is 2.96. The lowest BCUT2D eigenvalue weighted by atomic mass is 10.1. The molecule has 38 heavy (non-hydrogen) atoms. The van der Waals surface area contributed by atoms with E-state index in [4.69, 9.17) is 4.74 Å². The Labute approximate surface area is 222 Å². The molecule has 3 aromatic carbocycles. The van der Waals surface area contributed by atoms with Gasteiger partial charge in [0.2, 0.25) is 10.0 Å². The van der Waals surface area contributed by atoms with Gasteiger partial charge in [-0.2, -0.15) is 9.41 Å². The number of hydrogen-bond acceptors (Lipinski definition) is 6. The number of sulfonamides is 1. The van der Waals surface area contributed by atoms with Crippen molar-refractivity contribution in [2.75, 3.05) is 7.11 Å². The van der Waals surface area contributed by atoms with Crippen molar-refractivity contribution in [1.82, 2.24) is 14.7 Å². The summed E-state index contributed by atoms with van der Waals surface area (Å²) in [7, 11) is -2.31. The highest BCUT2D eigenvalue weighted by Crippen LogP contribution is 2.23. The van der Waals surface area contributed by atoms with E-state index in [-0.39, 0.29) is 23.9 Å². The van der Waals surface area contributed by atoms with Crippen LogP contribution in [0.15, 0.2) is 113 Å². The summed E-state index contributed by atoms with van der Waals surface area (Å²) in [4.78, 5) is 16.9. The number of ether oxygens (including phenoxy) is 1. The molecule has 8 nitrogen and oxygen atoms in total. The van der Waals surface area contributed by atoms with E-state index >= 15 is 0 Å². The zero-order valence-corrected chi connectivity index (χ0v) is 21.9. The van der Waals surface area contributed by atoms with Crippen LogP contribution in [0.1, 0.15) is 34.0 Å². The Balaban J connectivity index is 1.52. The fraction of sp³-hybridized carbons (Fsp3) is 0.138. The molecule has 0 bridgehead atoms. The van der Waals surface area contributed by atoms with Crippen LogP contribution in [-0.2, 0) is 23.1 Å². The Morgan fingerprint density at radius 3 is 2.18 bits per heavy atom. The molecule has 1 heterocycles. The Bertz CT molecular complexity index is 1490. The second-order valence-corrected chi connectivity index (χ2v) is 10.4. The number of rotatable bonds is 10. The number of carbonyl (C=O) groups is 1. The molecular formula is C29H28N4O4S. The summed E-state index contributed by atoms with van der Waals surface area (Å²) in [6, 6.07) is 26.2. The molecule has 0 atom stereocenters. The van der Waals surface area contributed by atoms with E-state index in [1.165, 1.54) is 23.5 Å². The number of carbonyl (C=O) groups excluding carboxylic acids is 1. The van der Waals surface area contributed by atoms with Crippen LogP contribution in [0.4, 0.5) is 0 Å². The lowest BCUT2D eigenvalue weighted by Crippen LogP contribution is -2.30. The summed E-state index contributed by atoms with van der Waals surface area (Å²) in [5.41, 5.74) is 6.07. The van der Waals surface area contributed by atoms with Crippen LogP contribution in [-0.4, -0.2) is 36.4 Å². The van der Waals surface area contributed by atoms with Gasteiger partial charge in [0.1, 0.15) is 5.75 Å². The molecule has 0 saturated heterocycles. The number of methoxy groups -OCH3 is 1. The van der Waals surface area contributed by atoms with Gasteiger partial charge in [-0.05, 0) is 66.1 Å². The number of hydrogen-bond donors (Lipinski definition) is 1. The molecular weight excluding hydrogens is 500 g/mol. The molecule has 0 spiro atoms. The fourth-order valence-electron chi connectivity index (χ4n) is 3.73. The predicted octanol–water partition coefficient (Wildman–Crippen LogP) is 4.64. The molecule has 0 aliphatic carbocycles. The van der Waals surface area contributed by atoms with Crippen LogP contribution in [0.5, 0.6) is 5.75 Å². The first-order valence-electron chi connectivity index (χ1n) is 11.9. The zero-order chi connectivity index (χ0) is 27.0. The van der Waals surface area contributed by atoms with Crippen LogP contribution < -0.4 is 10.2 Å². The van der Waals surface area contributed by atoms with E-state index in [1.54, 1.807) is 54.9 Å². The molecule has 0 aliphatic heterocycles. The number of amides is 1. The maximum absolute atomic E-state index is 13.6. The summed E-state index contributed by atoms with van der Waals surface area (Å²) < 4.78 is 33.7. The van der Waals surface area contributed by atoms with Crippen molar-refractivity contribution in [1.29, 1.82) is 0 Å². The van der Waals surface area contributed by atoms with Crippen molar-refractivity contribution in [3.8, 4) is 5.75 Å². The second kappa shape index (κ2) is 12.3. The van der Waals surface area contributed by atoms with E-state index in [9.17, 15) is 13.2 Å². The molecule has 1 aromatic heterocycles. The van der Waals surface area contributed by atoms with E-state index in [2.05, 4.69) is 15.5 Å². The van der Waals surface area contributed by atoms with Gasteiger partial charge in [0.15, 0.2) is 0 Å². The summed E-state index contributed by atoms with van der Waals surface area (Å²) in [5, 5.41) is 4.18. The van der Waals surface area contributed by atoms with Crippen molar-refractivity contribution >= 4 is 21.6 Å². The van der Waals surface area contributed by atoms with Crippen molar-refractivity contribution in [3.63, 3.8) is 0 Å². The summed E-state index contributed by atoms with van der Waals surface area (Å²) in [5.74, 6) is 0.213. The van der Waals surface area contributed by atoms with Gasteiger partial charge in [-0.3, -0.25) is 9.78 Å². The molecule has 1 N–H and O–H groups in total. The predicted molar refractivity (Wildman–Crippen MR) is 146 cm³/mol. The number of hydrazone groups is 1. The molecule has 0 radical (unpaired) electrons. The second-order valence-electron chi connectivity index (χ2n) is 8.51. The first-order chi connectivity index (χ1) is 18.4. The Morgan fingerprint density at radius 1 is 0.868 bits per heavy atom. The minimum atomic E-state index is -3.84. The molecule has 9 heteroatoms. The molecule has 0 fully saturated rings. The normalized spacial score (nSPS) is 11.8. The molecule has 194 valence electrons. The van der Waals surface area contributed by atoms with Gasteiger partial charge in [-0.15, -0.1) is 0 Å². The SMILES string of the molecule is COc1ccc(S(=O)(=O)N(Cc2ccc(C(=O)N/N=C(\C)c3ccccc3)cc2)Cc2cccnc2)cc1. The highest BCUT2D eigenvalue weighted by Gasteiger charge is 2.25. The fourth-order valence-corrected chi connectivity index (χ4v) is 5.14. The van der Waals surface area contributed by atoms with Gasteiger partial charge in [-0.25, -0.2) is 13.8 Å². The van der Waals surface area contributed by atoms with E-state index in [0.717, 1.165) is 16.7 Å². The standard InChI is InChI=1S/C29H28N4O4S/c1-22(25-8-4-3-5-9-25)31-32-29(34)26-12-10-23(11-13-26)20-33(21-24-7-6-18-30-19-24)38(35,36)28-16-14-27(37-2)15-17-28/h3-19H,20-21H2,1-2H3,(H,32,34)/b31-22+. The largest absolute Gasteiger partial charge is 0.497 e. The number of pyridine rings is 1. The van der Waals surface area contributed by atoms with Crippen molar-refractivity contribution < 1.29 is 17.9 Å². The number of benzene rings is 3. The first kappa shape index (κ1) is 26.7. The summed E-state index contributed by atoms with van der Waals surface area (Å²) in [6.45, 7) is 2.06. The van der Waals surface area contributed by atoms with Gasteiger partial charge < -0.3 is 4.74 Å². The van der Waals surface area contributed by atoms with Gasteiger partial charge in [0, 0.05) is 31.0 Å². The number of aromatic nitrogens is 1. The minimum Gasteiger partial charge on any atom is -0.497 e. The third kappa shape index (κ3) is 6.70. The summed E-state index contributed by atoms with van der Waals surface area (Å²) in [6.07, 6.45) is 3.28. The van der Waals surface area contributed by atoms with Gasteiger partial charge >= 0.3 is 0 Å². The molecule has 0 saturated carbocycles. The maximum Gasteiger partial charge on any atom is 0.271 e. The quantitative estimate of drug-likeness (QED) is 0.239. The van der Waals surface area contributed by atoms with Crippen molar-refractivity contribution in [2.24, 2.45) is 5.10 Å². The maximum atomic E-state index is 13.6. The topological polar surface area (TPSA) is 101 Å². The minimum absolute atomic E-state index is 0.108. The molecule has 0 aliphatic rings. The van der Waals surface area contributed by atoms with Gasteiger partial charge in [0.25, 0.3) is 5.91 Å². The highest BCUT2D eigenvalue weighted by molar-refractivity contribution is 7.89. The lowest BCUT2D eigenvalue weighted by molar-refractivity contribution is 0.0955. The monoisotopic (exact) mass is 528 g/mol. The first-order valence-corrected chi connectivity index (χ1v) is 13.3. The Hall–Kier alpha value is -4.34. The van der Waals surface area contributed by atoms with Crippen LogP contribution in [0.2, 0.25) is 0 Å². The van der Waals surface area contributed by atoms with Crippen LogP contribution in [0, 0.1) is 0 Å². The van der Waals surface area contributed by atoms with Crippen LogP contribution >= 0.6 is 0 Å². The summed E-state index contributed by atoms with van der Waals surface area (Å²) >= 11 is 0. The van der Waals surface area contributed by atoms with Crippen LogP contribution in [0.3, 0.4) is 0 Å². The zero-order valence-electron chi connectivity index (χ0n) is 21.1. The molecule has 1 amide bonds. The number of nitrogens with zero attached hydrogens (tertiary/aromatic N) is 3. The Morgan fingerprint density at radius 2 is 1.55 bits per heavy atom. The van der Waals surface area contributed by atoms with Gasteiger partial charge in [0.05, 0.1) is 17.7 Å². The van der Waals surface area contributed by atoms with Crippen LogP contribution in [0.25, 0.3) is 0 Å². The van der Waals surface area contributed by atoms with Crippen molar-refractivity contribution in [2.45, 2.75) is 24.9 Å². The van der Waals surface area contributed by atoms with Crippen molar-refractivity contribution in [3.05, 3.63) is 126 Å². The number of nitrogens with one attached hydrogen (secondary N) is 1. The third-order valence-electron chi connectivity index (χ3n) is 5.87. The van der Waals surface area contributed by atoms with E-state index in [1.807, 2.05) is 43.3 Å². The smallest absolute Gasteiger partial charge is 0.271 e. The highest BCUT2D eigenvalue weighted by atomic mass is 32.2. The third-order valence-corrected chi connectivity index (χ3v) is 7.68. The molecule has 0 unspecified atom stereocenters. The lowest BCUT2D eigenvalue weighted by Gasteiger charge is -2.22. The molecule has 4 aromatic rings. The van der Waals surface area contributed by atoms with E-state index in [0.29, 0.717) is 17.0 Å². The van der Waals surface area contributed by atoms with Gasteiger partial charge in [-0.1, -0.05) is 48.5 Å². The Kier molecular flexibility index (Phi) is 8.62.